The minimum atomic E-state index is -0.0305. The number of rotatable bonds is 1. The van der Waals surface area contributed by atoms with Crippen molar-refractivity contribution in [3.05, 3.63) is 30.1 Å². The highest BCUT2D eigenvalue weighted by molar-refractivity contribution is 8.16. The van der Waals surface area contributed by atoms with Crippen molar-refractivity contribution in [3.8, 4) is 0 Å². The number of hydrogen-bond acceptors (Lipinski definition) is 6. The van der Waals surface area contributed by atoms with Crippen molar-refractivity contribution in [3.63, 3.8) is 0 Å². The van der Waals surface area contributed by atoms with Gasteiger partial charge in [0.2, 0.25) is 0 Å². The molecule has 1 unspecified atom stereocenters. The van der Waals surface area contributed by atoms with Crippen LogP contribution in [0.15, 0.2) is 39.4 Å². The maximum absolute atomic E-state index is 4.94. The molecule has 0 saturated heterocycles. The smallest absolute Gasteiger partial charge is 0.319 e. The number of hydrogen-bond donors (Lipinski definition) is 0. The largest absolute Gasteiger partial charge is 0.467 e. The fraction of sp³-hybridized carbons (Fsp3) is 0.200. The van der Waals surface area contributed by atoms with Crippen LogP contribution in [0.4, 0.5) is 0 Å². The molecule has 0 radical (unpaired) electrons. The Balaban J connectivity index is 1.89. The van der Waals surface area contributed by atoms with Crippen LogP contribution in [-0.2, 0) is 4.74 Å². The Kier molecular flexibility index (Phi) is 2.21. The molecule has 1 aromatic rings. The number of aliphatic imine (C=N–C) groups is 3. The minimum Gasteiger partial charge on any atom is -0.467 e. The summed E-state index contributed by atoms with van der Waals surface area (Å²) in [5.41, 5.74) is 0.922. The predicted octanol–water partition coefficient (Wildman–Crippen LogP) is 1.64. The standard InChI is InChI=1S/C10H8N4OS/c1-15-10-13-7-9(14-10)16-8(12-7)6-4-2-3-5-11-6/h2-5,8H,1H3. The van der Waals surface area contributed by atoms with Crippen LogP contribution in [0, 0.1) is 0 Å². The first-order chi connectivity index (χ1) is 7.86. The summed E-state index contributed by atoms with van der Waals surface area (Å²) in [6.45, 7) is 0. The Morgan fingerprint density at radius 1 is 1.31 bits per heavy atom. The van der Waals surface area contributed by atoms with Crippen LogP contribution >= 0.6 is 11.8 Å². The Labute approximate surface area is 96.4 Å². The molecule has 0 bridgehead atoms. The molecule has 2 aliphatic rings. The lowest BCUT2D eigenvalue weighted by Crippen LogP contribution is -1.95. The lowest BCUT2D eigenvalue weighted by Gasteiger charge is -2.03. The molecule has 3 heterocycles. The third kappa shape index (κ3) is 1.51. The van der Waals surface area contributed by atoms with Crippen LogP contribution in [0.3, 0.4) is 0 Å². The second-order valence-electron chi connectivity index (χ2n) is 3.19. The Hall–Kier alpha value is -1.69. The molecule has 0 saturated carbocycles. The highest BCUT2D eigenvalue weighted by Crippen LogP contribution is 2.37. The van der Waals surface area contributed by atoms with Crippen LogP contribution in [-0.4, -0.2) is 29.0 Å². The van der Waals surface area contributed by atoms with E-state index in [0.29, 0.717) is 11.9 Å². The van der Waals surface area contributed by atoms with Gasteiger partial charge in [-0.3, -0.25) is 4.98 Å². The highest BCUT2D eigenvalue weighted by atomic mass is 32.2. The molecule has 0 aliphatic carbocycles. The SMILES string of the molecule is COC1=NC2=NC(c3ccccn3)SC2=N1. The average Bonchev–Trinajstić information content (AvgIpc) is 2.87. The zero-order chi connectivity index (χ0) is 11.0. The molecule has 6 heteroatoms. The van der Waals surface area contributed by atoms with Gasteiger partial charge in [-0.15, -0.1) is 0 Å². The monoisotopic (exact) mass is 232 g/mol. The van der Waals surface area contributed by atoms with E-state index in [9.17, 15) is 0 Å². The van der Waals surface area contributed by atoms with Gasteiger partial charge in [0.1, 0.15) is 10.4 Å². The summed E-state index contributed by atoms with van der Waals surface area (Å²) in [7, 11) is 1.55. The first-order valence-electron chi connectivity index (χ1n) is 4.74. The number of pyridine rings is 1. The lowest BCUT2D eigenvalue weighted by atomic mass is 10.3. The van der Waals surface area contributed by atoms with Gasteiger partial charge < -0.3 is 4.74 Å². The van der Waals surface area contributed by atoms with Crippen molar-refractivity contribution < 1.29 is 4.74 Å². The van der Waals surface area contributed by atoms with Crippen LogP contribution in [0.25, 0.3) is 0 Å². The van der Waals surface area contributed by atoms with Gasteiger partial charge in [0.15, 0.2) is 5.84 Å². The summed E-state index contributed by atoms with van der Waals surface area (Å²) < 4.78 is 4.94. The van der Waals surface area contributed by atoms with E-state index in [2.05, 4.69) is 20.0 Å². The Bertz CT molecular complexity index is 509. The first-order valence-corrected chi connectivity index (χ1v) is 5.62. The van der Waals surface area contributed by atoms with E-state index < -0.39 is 0 Å². The van der Waals surface area contributed by atoms with Gasteiger partial charge in [-0.2, -0.15) is 9.98 Å². The quantitative estimate of drug-likeness (QED) is 0.739. The minimum absolute atomic E-state index is 0.0305. The number of nitrogens with zero attached hydrogens (tertiary/aromatic N) is 4. The van der Waals surface area contributed by atoms with E-state index >= 15 is 0 Å². The van der Waals surface area contributed by atoms with Crippen molar-refractivity contribution in [2.24, 2.45) is 15.0 Å². The fourth-order valence-electron chi connectivity index (χ4n) is 1.45. The number of methoxy groups -OCH3 is 1. The topological polar surface area (TPSA) is 59.2 Å². The number of fused-ring (bicyclic) bond motifs is 1. The molecular weight excluding hydrogens is 224 g/mol. The van der Waals surface area contributed by atoms with Gasteiger partial charge in [-0.1, -0.05) is 17.8 Å². The molecule has 1 aromatic heterocycles. The molecule has 0 fully saturated rings. The lowest BCUT2D eigenvalue weighted by molar-refractivity contribution is 0.399. The predicted molar refractivity (Wildman–Crippen MR) is 63.9 cm³/mol. The molecule has 3 rings (SSSR count). The molecule has 0 spiro atoms. The van der Waals surface area contributed by atoms with E-state index in [0.717, 1.165) is 10.7 Å². The van der Waals surface area contributed by atoms with E-state index in [-0.39, 0.29) is 5.37 Å². The van der Waals surface area contributed by atoms with E-state index in [1.165, 1.54) is 0 Å². The number of aromatic nitrogens is 1. The van der Waals surface area contributed by atoms with Crippen LogP contribution in [0.1, 0.15) is 11.1 Å². The summed E-state index contributed by atoms with van der Waals surface area (Å²) in [5.74, 6) is 0.650. The molecule has 1 atom stereocenters. The number of thioether (sulfide) groups is 1. The number of ether oxygens (including phenoxy) is 1. The average molecular weight is 232 g/mol. The maximum Gasteiger partial charge on any atom is 0.319 e. The molecule has 0 N–H and O–H groups in total. The molecule has 5 nitrogen and oxygen atoms in total. The summed E-state index contributed by atoms with van der Waals surface area (Å²) in [6, 6.07) is 6.16. The van der Waals surface area contributed by atoms with Crippen molar-refractivity contribution in [2.75, 3.05) is 7.11 Å². The Morgan fingerprint density at radius 3 is 2.94 bits per heavy atom. The highest BCUT2D eigenvalue weighted by Gasteiger charge is 2.31. The number of amidine groups is 2. The second-order valence-corrected chi connectivity index (χ2v) is 4.26. The summed E-state index contributed by atoms with van der Waals surface area (Å²) in [6.07, 6.45) is 1.76. The van der Waals surface area contributed by atoms with Gasteiger partial charge in [0, 0.05) is 6.20 Å². The summed E-state index contributed by atoms with van der Waals surface area (Å²) in [4.78, 5) is 17.0. The second kappa shape index (κ2) is 3.71. The van der Waals surface area contributed by atoms with Crippen molar-refractivity contribution in [1.82, 2.24) is 4.98 Å². The Morgan fingerprint density at radius 2 is 2.25 bits per heavy atom. The van der Waals surface area contributed by atoms with Crippen LogP contribution < -0.4 is 0 Å². The molecule has 16 heavy (non-hydrogen) atoms. The first kappa shape index (κ1) is 9.53. The van der Waals surface area contributed by atoms with Crippen LogP contribution in [0.5, 0.6) is 0 Å². The fourth-order valence-corrected chi connectivity index (χ4v) is 2.41. The molecule has 0 aromatic carbocycles. The van der Waals surface area contributed by atoms with Gasteiger partial charge >= 0.3 is 6.02 Å². The molecule has 0 amide bonds. The van der Waals surface area contributed by atoms with Gasteiger partial charge in [-0.05, 0) is 12.1 Å². The van der Waals surface area contributed by atoms with Crippen LogP contribution in [0.2, 0.25) is 0 Å². The van der Waals surface area contributed by atoms with Crippen molar-refractivity contribution >= 4 is 28.7 Å². The zero-order valence-corrected chi connectivity index (χ0v) is 9.31. The van der Waals surface area contributed by atoms with Gasteiger partial charge in [0.25, 0.3) is 0 Å². The van der Waals surface area contributed by atoms with Gasteiger partial charge in [-0.25, -0.2) is 4.99 Å². The van der Waals surface area contributed by atoms with Crippen molar-refractivity contribution in [1.29, 1.82) is 0 Å². The third-order valence-corrected chi connectivity index (χ3v) is 3.24. The van der Waals surface area contributed by atoms with Crippen molar-refractivity contribution in [2.45, 2.75) is 5.37 Å². The maximum atomic E-state index is 4.94. The van der Waals surface area contributed by atoms with E-state index in [4.69, 9.17) is 4.74 Å². The molecular formula is C10H8N4OS. The van der Waals surface area contributed by atoms with E-state index in [1.54, 1.807) is 25.1 Å². The van der Waals surface area contributed by atoms with Gasteiger partial charge in [0.05, 0.1) is 12.8 Å². The van der Waals surface area contributed by atoms with E-state index in [1.807, 2.05) is 18.2 Å². The summed E-state index contributed by atoms with van der Waals surface area (Å²) in [5, 5.41) is 0.782. The molecule has 80 valence electrons. The zero-order valence-electron chi connectivity index (χ0n) is 8.49. The normalized spacial score (nSPS) is 22.3. The molecule has 2 aliphatic heterocycles. The summed E-state index contributed by atoms with van der Waals surface area (Å²) >= 11 is 1.54. The third-order valence-electron chi connectivity index (χ3n) is 2.18.